The molecule has 2 amide bonds. The molecule has 1 heterocycles. The van der Waals surface area contributed by atoms with Gasteiger partial charge in [0.2, 0.25) is 5.91 Å². The molecular formula is C32H43N3O3. The van der Waals surface area contributed by atoms with Crippen molar-refractivity contribution in [2.24, 2.45) is 0 Å². The van der Waals surface area contributed by atoms with Gasteiger partial charge in [0.25, 0.3) is 5.91 Å². The number of carbonyl (C=O) groups is 2. The van der Waals surface area contributed by atoms with Crippen LogP contribution in [-0.4, -0.2) is 52.4 Å². The van der Waals surface area contributed by atoms with E-state index in [4.69, 9.17) is 4.74 Å². The van der Waals surface area contributed by atoms with E-state index in [2.05, 4.69) is 68.8 Å². The lowest BCUT2D eigenvalue weighted by Gasteiger charge is -2.32. The number of aryl methyl sites for hydroxylation is 1. The Morgan fingerprint density at radius 1 is 1.00 bits per heavy atom. The number of aromatic nitrogens is 1. The van der Waals surface area contributed by atoms with Crippen LogP contribution in [0.5, 0.6) is 5.75 Å². The van der Waals surface area contributed by atoms with E-state index in [9.17, 15) is 9.59 Å². The van der Waals surface area contributed by atoms with E-state index < -0.39 is 0 Å². The van der Waals surface area contributed by atoms with E-state index in [1.165, 1.54) is 11.1 Å². The highest BCUT2D eigenvalue weighted by Gasteiger charge is 2.25. The van der Waals surface area contributed by atoms with Crippen LogP contribution in [0.4, 0.5) is 0 Å². The molecule has 2 aromatic carbocycles. The van der Waals surface area contributed by atoms with Gasteiger partial charge >= 0.3 is 0 Å². The van der Waals surface area contributed by atoms with Gasteiger partial charge < -0.3 is 19.1 Å². The molecular weight excluding hydrogens is 474 g/mol. The van der Waals surface area contributed by atoms with Gasteiger partial charge in [-0.25, -0.2) is 0 Å². The first kappa shape index (κ1) is 29.0. The highest BCUT2D eigenvalue weighted by molar-refractivity contribution is 5.96. The monoisotopic (exact) mass is 517 g/mol. The van der Waals surface area contributed by atoms with E-state index in [1.807, 2.05) is 23.1 Å². The van der Waals surface area contributed by atoms with Crippen LogP contribution in [0.15, 0.2) is 66.9 Å². The summed E-state index contributed by atoms with van der Waals surface area (Å²) in [5.74, 6) is 0.461. The zero-order valence-corrected chi connectivity index (χ0v) is 23.7. The van der Waals surface area contributed by atoms with Crippen molar-refractivity contribution in [1.82, 2.24) is 14.4 Å². The minimum Gasteiger partial charge on any atom is -0.497 e. The first-order valence-corrected chi connectivity index (χ1v) is 13.8. The van der Waals surface area contributed by atoms with Crippen molar-refractivity contribution in [3.8, 4) is 5.75 Å². The van der Waals surface area contributed by atoms with Crippen molar-refractivity contribution < 1.29 is 14.3 Å². The lowest BCUT2D eigenvalue weighted by atomic mass is 10.1. The summed E-state index contributed by atoms with van der Waals surface area (Å²) >= 11 is 0. The van der Waals surface area contributed by atoms with E-state index in [1.54, 1.807) is 24.1 Å². The standard InChI is InChI=1S/C32H43N3O3/c1-6-8-11-19-34(32(37)27-16-12-18-30(21-27)38-5)24-31(36)35(26(4)7-2)23-29-17-13-20-33(29)22-28-15-10-9-14-25(28)3/h9-10,12-18,20-21,26H,6-8,11,19,22-24H2,1-5H3. The van der Waals surface area contributed by atoms with E-state index in [-0.39, 0.29) is 24.4 Å². The zero-order chi connectivity index (χ0) is 27.5. The Bertz CT molecular complexity index is 1190. The molecule has 1 atom stereocenters. The van der Waals surface area contributed by atoms with Crippen molar-refractivity contribution in [3.05, 3.63) is 89.2 Å². The third kappa shape index (κ3) is 7.73. The van der Waals surface area contributed by atoms with Crippen LogP contribution in [-0.2, 0) is 17.9 Å². The summed E-state index contributed by atoms with van der Waals surface area (Å²) in [7, 11) is 1.59. The molecule has 0 fully saturated rings. The summed E-state index contributed by atoms with van der Waals surface area (Å²) in [6, 6.07) is 19.7. The number of rotatable bonds is 14. The second-order valence-corrected chi connectivity index (χ2v) is 10.00. The van der Waals surface area contributed by atoms with Crippen LogP contribution < -0.4 is 4.74 Å². The molecule has 0 aliphatic carbocycles. The normalized spacial score (nSPS) is 11.7. The van der Waals surface area contributed by atoms with E-state index in [0.29, 0.717) is 24.4 Å². The SMILES string of the molecule is CCCCCN(CC(=O)N(Cc1cccn1Cc1ccccc1C)C(C)CC)C(=O)c1cccc(OC)c1. The molecule has 0 N–H and O–H groups in total. The number of hydrogen-bond donors (Lipinski definition) is 0. The molecule has 204 valence electrons. The lowest BCUT2D eigenvalue weighted by molar-refractivity contribution is -0.134. The first-order chi connectivity index (χ1) is 18.4. The average molecular weight is 518 g/mol. The quantitative estimate of drug-likeness (QED) is 0.235. The molecule has 6 heteroatoms. The van der Waals surface area contributed by atoms with Crippen LogP contribution in [0.3, 0.4) is 0 Å². The Labute approximate surface area is 228 Å². The number of amides is 2. The molecule has 3 aromatic rings. The zero-order valence-electron chi connectivity index (χ0n) is 23.7. The summed E-state index contributed by atoms with van der Waals surface area (Å²) in [5, 5.41) is 0. The first-order valence-electron chi connectivity index (χ1n) is 13.8. The smallest absolute Gasteiger partial charge is 0.254 e. The van der Waals surface area contributed by atoms with Gasteiger partial charge in [-0.15, -0.1) is 0 Å². The molecule has 3 rings (SSSR count). The minimum atomic E-state index is -0.139. The molecule has 0 aliphatic rings. The van der Waals surface area contributed by atoms with Gasteiger partial charge in [0.05, 0.1) is 13.7 Å². The fourth-order valence-electron chi connectivity index (χ4n) is 4.60. The number of carbonyl (C=O) groups excluding carboxylic acids is 2. The topological polar surface area (TPSA) is 54.8 Å². The molecule has 6 nitrogen and oxygen atoms in total. The van der Waals surface area contributed by atoms with Crippen molar-refractivity contribution in [2.75, 3.05) is 20.2 Å². The Hall–Kier alpha value is -3.54. The van der Waals surface area contributed by atoms with Crippen LogP contribution in [0.25, 0.3) is 0 Å². The van der Waals surface area contributed by atoms with Crippen molar-refractivity contribution in [3.63, 3.8) is 0 Å². The summed E-state index contributed by atoms with van der Waals surface area (Å²) in [4.78, 5) is 30.9. The lowest BCUT2D eigenvalue weighted by Crippen LogP contribution is -2.46. The maximum atomic E-state index is 13.8. The number of unbranched alkanes of at least 4 members (excludes halogenated alkanes) is 2. The van der Waals surface area contributed by atoms with Crippen LogP contribution >= 0.6 is 0 Å². The maximum absolute atomic E-state index is 13.8. The van der Waals surface area contributed by atoms with Crippen LogP contribution in [0, 0.1) is 6.92 Å². The van der Waals surface area contributed by atoms with Gasteiger partial charge in [-0.1, -0.05) is 57.0 Å². The third-order valence-electron chi connectivity index (χ3n) is 7.26. The highest BCUT2D eigenvalue weighted by Crippen LogP contribution is 2.18. The van der Waals surface area contributed by atoms with Crippen LogP contribution in [0.2, 0.25) is 0 Å². The predicted molar refractivity (Wildman–Crippen MR) is 153 cm³/mol. The Morgan fingerprint density at radius 2 is 1.79 bits per heavy atom. The minimum absolute atomic E-state index is 0.0317. The largest absolute Gasteiger partial charge is 0.497 e. The summed E-state index contributed by atoms with van der Waals surface area (Å²) < 4.78 is 7.53. The number of benzene rings is 2. The van der Waals surface area contributed by atoms with Gasteiger partial charge in [0.15, 0.2) is 0 Å². The fourth-order valence-corrected chi connectivity index (χ4v) is 4.60. The summed E-state index contributed by atoms with van der Waals surface area (Å²) in [6.07, 6.45) is 5.83. The van der Waals surface area contributed by atoms with Crippen LogP contribution in [0.1, 0.15) is 73.6 Å². The van der Waals surface area contributed by atoms with Crippen molar-refractivity contribution >= 4 is 11.8 Å². The molecule has 1 aromatic heterocycles. The molecule has 0 saturated carbocycles. The maximum Gasteiger partial charge on any atom is 0.254 e. The molecule has 0 spiro atoms. The number of hydrogen-bond acceptors (Lipinski definition) is 3. The van der Waals surface area contributed by atoms with E-state index >= 15 is 0 Å². The molecule has 0 radical (unpaired) electrons. The average Bonchev–Trinajstić information content (AvgIpc) is 3.38. The molecule has 0 aliphatic heterocycles. The second-order valence-electron chi connectivity index (χ2n) is 10.00. The second kappa shape index (κ2) is 14.4. The molecule has 0 saturated heterocycles. The van der Waals surface area contributed by atoms with Crippen molar-refractivity contribution in [2.45, 2.75) is 72.5 Å². The van der Waals surface area contributed by atoms with Crippen molar-refractivity contribution in [1.29, 1.82) is 0 Å². The summed E-state index contributed by atoms with van der Waals surface area (Å²) in [5.41, 5.74) is 4.13. The predicted octanol–water partition coefficient (Wildman–Crippen LogP) is 6.31. The van der Waals surface area contributed by atoms with Gasteiger partial charge in [-0.2, -0.15) is 0 Å². The van der Waals surface area contributed by atoms with Gasteiger partial charge in [-0.3, -0.25) is 9.59 Å². The third-order valence-corrected chi connectivity index (χ3v) is 7.26. The van der Waals surface area contributed by atoms with Gasteiger partial charge in [-0.05, 0) is 68.1 Å². The number of methoxy groups -OCH3 is 1. The molecule has 1 unspecified atom stereocenters. The Kier molecular flexibility index (Phi) is 11.0. The summed E-state index contributed by atoms with van der Waals surface area (Å²) in [6.45, 7) is 10.3. The number of ether oxygens (including phenoxy) is 1. The Morgan fingerprint density at radius 3 is 2.50 bits per heavy atom. The number of nitrogens with zero attached hydrogens (tertiary/aromatic N) is 3. The van der Waals surface area contributed by atoms with Gasteiger partial charge in [0, 0.05) is 36.6 Å². The highest BCUT2D eigenvalue weighted by atomic mass is 16.5. The Balaban J connectivity index is 1.81. The molecule has 0 bridgehead atoms. The van der Waals surface area contributed by atoms with E-state index in [0.717, 1.165) is 37.9 Å². The molecule has 38 heavy (non-hydrogen) atoms. The fraction of sp³-hybridized carbons (Fsp3) is 0.438. The van der Waals surface area contributed by atoms with Gasteiger partial charge in [0.1, 0.15) is 12.3 Å².